The zero-order valence-corrected chi connectivity index (χ0v) is 12.1. The maximum atomic E-state index is 12.1. The Morgan fingerprint density at radius 2 is 2.05 bits per heavy atom. The molecule has 3 saturated heterocycles. The molecule has 0 amide bonds. The zero-order chi connectivity index (χ0) is 13.3. The Balaban J connectivity index is 1.80. The van der Waals surface area contributed by atoms with Crippen LogP contribution in [0.25, 0.3) is 0 Å². The lowest BCUT2D eigenvalue weighted by Crippen LogP contribution is -2.58. The molecule has 0 radical (unpaired) electrons. The summed E-state index contributed by atoms with van der Waals surface area (Å²) in [6.07, 6.45) is 5.60. The Bertz CT molecular complexity index is 337. The van der Waals surface area contributed by atoms with Gasteiger partial charge in [-0.15, -0.1) is 0 Å². The van der Waals surface area contributed by atoms with Gasteiger partial charge in [0.15, 0.2) is 0 Å². The van der Waals surface area contributed by atoms with E-state index in [9.17, 15) is 4.79 Å². The smallest absolute Gasteiger partial charge is 0.307 e. The molecule has 0 aromatic carbocycles. The van der Waals surface area contributed by atoms with Crippen LogP contribution in [0, 0.1) is 5.92 Å². The first-order chi connectivity index (χ1) is 9.24. The topological polar surface area (TPSA) is 32.8 Å². The number of likely N-dealkylation sites (tertiary alicyclic amines) is 1. The molecule has 0 aromatic rings. The number of fused-ring (bicyclic) bond motifs is 2. The van der Waals surface area contributed by atoms with E-state index < -0.39 is 0 Å². The molecule has 2 bridgehead atoms. The molecule has 3 aliphatic heterocycles. The van der Waals surface area contributed by atoms with Crippen LogP contribution in [0.2, 0.25) is 0 Å². The van der Waals surface area contributed by atoms with Crippen LogP contribution in [-0.4, -0.2) is 60.6 Å². The Kier molecular flexibility index (Phi) is 3.81. The predicted molar refractivity (Wildman–Crippen MR) is 74.0 cm³/mol. The quantitative estimate of drug-likeness (QED) is 0.722. The van der Waals surface area contributed by atoms with Crippen molar-refractivity contribution in [3.05, 3.63) is 0 Å². The highest BCUT2D eigenvalue weighted by atomic mass is 16.5. The Hall–Kier alpha value is -0.610. The molecule has 3 rings (SSSR count). The normalized spacial score (nSPS) is 38.6. The van der Waals surface area contributed by atoms with Gasteiger partial charge < -0.3 is 9.64 Å². The number of esters is 1. The van der Waals surface area contributed by atoms with Crippen molar-refractivity contribution < 1.29 is 9.53 Å². The van der Waals surface area contributed by atoms with Crippen LogP contribution < -0.4 is 0 Å². The van der Waals surface area contributed by atoms with Gasteiger partial charge in [-0.2, -0.15) is 0 Å². The summed E-state index contributed by atoms with van der Waals surface area (Å²) in [5, 5.41) is 0. The van der Waals surface area contributed by atoms with Gasteiger partial charge in [0.05, 0.1) is 13.0 Å². The number of hydrogen-bond acceptors (Lipinski definition) is 4. The molecule has 3 aliphatic rings. The molecule has 3 fully saturated rings. The van der Waals surface area contributed by atoms with Crippen LogP contribution in [0.15, 0.2) is 0 Å². The van der Waals surface area contributed by atoms with E-state index in [-0.39, 0.29) is 11.5 Å². The van der Waals surface area contributed by atoms with E-state index in [1.807, 2.05) is 6.92 Å². The fourth-order valence-corrected chi connectivity index (χ4v) is 4.42. The summed E-state index contributed by atoms with van der Waals surface area (Å²) in [5.74, 6) is 0.679. The maximum Gasteiger partial charge on any atom is 0.307 e. The summed E-state index contributed by atoms with van der Waals surface area (Å²) < 4.78 is 5.26. The molecule has 108 valence electrons. The van der Waals surface area contributed by atoms with Crippen LogP contribution in [0.3, 0.4) is 0 Å². The van der Waals surface area contributed by atoms with Crippen LogP contribution in [0.1, 0.15) is 39.0 Å². The standard InChI is InChI=1S/C15H26N2O2/c1-2-19-14(18)11-15(17-7-3-4-8-17)6-10-16-9-5-13(15)12-16/h13H,2-12H2,1H3. The van der Waals surface area contributed by atoms with Crippen molar-refractivity contribution in [2.75, 3.05) is 39.3 Å². The number of nitrogens with zero attached hydrogens (tertiary/aromatic N) is 2. The van der Waals surface area contributed by atoms with Gasteiger partial charge in [0.25, 0.3) is 0 Å². The maximum absolute atomic E-state index is 12.1. The van der Waals surface area contributed by atoms with Gasteiger partial charge in [-0.05, 0) is 64.7 Å². The van der Waals surface area contributed by atoms with Crippen molar-refractivity contribution in [1.82, 2.24) is 9.80 Å². The van der Waals surface area contributed by atoms with E-state index in [0.717, 1.165) is 13.0 Å². The van der Waals surface area contributed by atoms with Crippen LogP contribution in [0.4, 0.5) is 0 Å². The van der Waals surface area contributed by atoms with Crippen LogP contribution in [0.5, 0.6) is 0 Å². The van der Waals surface area contributed by atoms with E-state index in [1.54, 1.807) is 0 Å². The number of carbonyl (C=O) groups excluding carboxylic acids is 1. The molecule has 0 spiro atoms. The first kappa shape index (κ1) is 13.4. The van der Waals surface area contributed by atoms with Gasteiger partial charge in [-0.25, -0.2) is 0 Å². The molecule has 0 aliphatic carbocycles. The zero-order valence-electron chi connectivity index (χ0n) is 12.1. The van der Waals surface area contributed by atoms with Crippen molar-refractivity contribution in [1.29, 1.82) is 0 Å². The van der Waals surface area contributed by atoms with E-state index in [2.05, 4.69) is 9.80 Å². The minimum absolute atomic E-state index is 0.00903. The van der Waals surface area contributed by atoms with Gasteiger partial charge in [0.1, 0.15) is 0 Å². The first-order valence-corrected chi connectivity index (χ1v) is 7.87. The minimum Gasteiger partial charge on any atom is -0.466 e. The summed E-state index contributed by atoms with van der Waals surface area (Å²) in [6, 6.07) is 0. The number of hydrogen-bond donors (Lipinski definition) is 0. The molecule has 19 heavy (non-hydrogen) atoms. The molecule has 3 heterocycles. The van der Waals surface area contributed by atoms with E-state index >= 15 is 0 Å². The predicted octanol–water partition coefficient (Wildman–Crippen LogP) is 1.50. The van der Waals surface area contributed by atoms with Crippen molar-refractivity contribution >= 4 is 5.97 Å². The monoisotopic (exact) mass is 266 g/mol. The number of carbonyl (C=O) groups is 1. The molecular formula is C15H26N2O2. The van der Waals surface area contributed by atoms with Crippen molar-refractivity contribution in [3.8, 4) is 0 Å². The average Bonchev–Trinajstić information content (AvgIpc) is 3.05. The van der Waals surface area contributed by atoms with E-state index in [1.165, 1.54) is 45.4 Å². The third-order valence-electron chi connectivity index (χ3n) is 5.38. The van der Waals surface area contributed by atoms with Gasteiger partial charge in [-0.1, -0.05) is 0 Å². The van der Waals surface area contributed by atoms with Crippen molar-refractivity contribution in [3.63, 3.8) is 0 Å². The third-order valence-corrected chi connectivity index (χ3v) is 5.38. The Labute approximate surface area is 116 Å². The number of ether oxygens (including phenoxy) is 1. The number of rotatable bonds is 4. The highest BCUT2D eigenvalue weighted by Gasteiger charge is 2.51. The molecule has 4 nitrogen and oxygen atoms in total. The molecule has 4 heteroatoms. The first-order valence-electron chi connectivity index (χ1n) is 7.87. The Morgan fingerprint density at radius 3 is 2.79 bits per heavy atom. The minimum atomic E-state index is 0.00903. The fourth-order valence-electron chi connectivity index (χ4n) is 4.42. The third kappa shape index (κ3) is 2.40. The second kappa shape index (κ2) is 5.41. The summed E-state index contributed by atoms with van der Waals surface area (Å²) in [7, 11) is 0. The molecular weight excluding hydrogens is 240 g/mol. The molecule has 0 N–H and O–H groups in total. The second-order valence-electron chi connectivity index (χ2n) is 6.32. The number of piperidine rings is 1. The SMILES string of the molecule is CCOC(=O)CC1(N2CCCC2)CCN2CCC1C2. The molecule has 0 aromatic heterocycles. The van der Waals surface area contributed by atoms with Gasteiger partial charge >= 0.3 is 5.97 Å². The van der Waals surface area contributed by atoms with Crippen molar-refractivity contribution in [2.45, 2.75) is 44.6 Å². The highest BCUT2D eigenvalue weighted by Crippen LogP contribution is 2.43. The molecule has 3 atom stereocenters. The second-order valence-corrected chi connectivity index (χ2v) is 6.32. The van der Waals surface area contributed by atoms with Gasteiger partial charge in [0, 0.05) is 12.1 Å². The summed E-state index contributed by atoms with van der Waals surface area (Å²) >= 11 is 0. The summed E-state index contributed by atoms with van der Waals surface area (Å²) in [5.41, 5.74) is 0.107. The molecule has 0 saturated carbocycles. The average molecular weight is 266 g/mol. The Morgan fingerprint density at radius 1 is 1.26 bits per heavy atom. The summed E-state index contributed by atoms with van der Waals surface area (Å²) in [6.45, 7) is 8.33. The highest BCUT2D eigenvalue weighted by molar-refractivity contribution is 5.71. The van der Waals surface area contributed by atoms with E-state index in [0.29, 0.717) is 18.9 Å². The lowest BCUT2D eigenvalue weighted by atomic mass is 9.75. The lowest BCUT2D eigenvalue weighted by Gasteiger charge is -2.48. The fraction of sp³-hybridized carbons (Fsp3) is 0.933. The molecule has 3 unspecified atom stereocenters. The largest absolute Gasteiger partial charge is 0.466 e. The lowest BCUT2D eigenvalue weighted by molar-refractivity contribution is -0.148. The van der Waals surface area contributed by atoms with Crippen molar-refractivity contribution in [2.24, 2.45) is 5.92 Å². The van der Waals surface area contributed by atoms with Crippen LogP contribution >= 0.6 is 0 Å². The van der Waals surface area contributed by atoms with Crippen LogP contribution in [-0.2, 0) is 9.53 Å². The summed E-state index contributed by atoms with van der Waals surface area (Å²) in [4.78, 5) is 17.3. The van der Waals surface area contributed by atoms with Gasteiger partial charge in [-0.3, -0.25) is 9.69 Å². The van der Waals surface area contributed by atoms with Gasteiger partial charge in [0.2, 0.25) is 0 Å². The van der Waals surface area contributed by atoms with E-state index in [4.69, 9.17) is 4.74 Å².